The van der Waals surface area contributed by atoms with E-state index in [0.717, 1.165) is 36.7 Å². The third-order valence-electron chi connectivity index (χ3n) is 5.96. The van der Waals surface area contributed by atoms with Crippen molar-refractivity contribution in [2.75, 3.05) is 13.1 Å². The largest absolute Gasteiger partial charge is 0.360 e. The summed E-state index contributed by atoms with van der Waals surface area (Å²) in [4.78, 5) is 8.34. The van der Waals surface area contributed by atoms with Crippen molar-refractivity contribution in [1.82, 2.24) is 15.7 Å². The first-order valence-corrected chi connectivity index (χ1v) is 10.3. The molecule has 0 aromatic heterocycles. The van der Waals surface area contributed by atoms with Gasteiger partial charge in [0.1, 0.15) is 5.60 Å². The van der Waals surface area contributed by atoms with Crippen molar-refractivity contribution in [1.29, 1.82) is 0 Å². The van der Waals surface area contributed by atoms with Gasteiger partial charge in [-0.25, -0.2) is 0 Å². The second kappa shape index (κ2) is 7.57. The Bertz CT molecular complexity index is 671. The molecule has 1 spiro atoms. The maximum Gasteiger partial charge on any atom is 0.169 e. The van der Waals surface area contributed by atoms with E-state index in [2.05, 4.69) is 53.0 Å². The molecule has 5 heteroatoms. The van der Waals surface area contributed by atoms with E-state index in [0.29, 0.717) is 6.04 Å². The topological polar surface area (TPSA) is 36.5 Å². The third kappa shape index (κ3) is 3.89. The molecule has 1 aliphatic carbocycles. The molecule has 2 heterocycles. The average Bonchev–Trinajstić information content (AvgIpc) is 3.07. The van der Waals surface area contributed by atoms with Gasteiger partial charge in [0.15, 0.2) is 5.11 Å². The van der Waals surface area contributed by atoms with Crippen LogP contribution < -0.4 is 10.8 Å². The summed E-state index contributed by atoms with van der Waals surface area (Å²) in [7, 11) is 0. The normalized spacial score (nSPS) is 22.8. The van der Waals surface area contributed by atoms with Gasteiger partial charge in [-0.2, -0.15) is 0 Å². The van der Waals surface area contributed by atoms with E-state index in [9.17, 15) is 0 Å². The quantitative estimate of drug-likeness (QED) is 0.771. The van der Waals surface area contributed by atoms with Gasteiger partial charge in [0.2, 0.25) is 0 Å². The number of rotatable bonds is 2. The summed E-state index contributed by atoms with van der Waals surface area (Å²) >= 11 is 5.67. The molecule has 0 amide bonds. The lowest BCUT2D eigenvalue weighted by molar-refractivity contribution is -0.0618. The molecule has 0 atom stereocenters. The number of hydroxylamine groups is 1. The summed E-state index contributed by atoms with van der Waals surface area (Å²) in [6.07, 6.45) is 10.7. The predicted molar refractivity (Wildman–Crippen MR) is 110 cm³/mol. The molecule has 1 aromatic carbocycles. The minimum atomic E-state index is -0.197. The van der Waals surface area contributed by atoms with Gasteiger partial charge in [0, 0.05) is 32.0 Å². The molecule has 0 unspecified atom stereocenters. The summed E-state index contributed by atoms with van der Waals surface area (Å²) in [5.41, 5.74) is 6.50. The van der Waals surface area contributed by atoms with Crippen LogP contribution in [0, 0.1) is 6.92 Å². The van der Waals surface area contributed by atoms with E-state index in [1.165, 1.54) is 43.2 Å². The molecule has 2 fully saturated rings. The van der Waals surface area contributed by atoms with Crippen LogP contribution in [0.15, 0.2) is 30.3 Å². The number of likely N-dealkylation sites (tertiary alicyclic amines) is 1. The van der Waals surface area contributed by atoms with Crippen molar-refractivity contribution in [3.8, 4) is 0 Å². The van der Waals surface area contributed by atoms with Crippen LogP contribution in [0.2, 0.25) is 0 Å². The first-order chi connectivity index (χ1) is 12.6. The van der Waals surface area contributed by atoms with E-state index < -0.39 is 0 Å². The van der Waals surface area contributed by atoms with Crippen molar-refractivity contribution in [2.24, 2.45) is 0 Å². The summed E-state index contributed by atoms with van der Waals surface area (Å²) < 4.78 is 0. The van der Waals surface area contributed by atoms with Gasteiger partial charge in [-0.3, -0.25) is 10.3 Å². The van der Waals surface area contributed by atoms with Gasteiger partial charge >= 0.3 is 0 Å². The number of nitrogens with zero attached hydrogens (tertiary/aromatic N) is 1. The highest BCUT2D eigenvalue weighted by atomic mass is 32.1. The Morgan fingerprint density at radius 1 is 1.15 bits per heavy atom. The molecule has 140 valence electrons. The lowest BCUT2D eigenvalue weighted by Crippen LogP contribution is -2.51. The van der Waals surface area contributed by atoms with Crippen LogP contribution in [0.1, 0.15) is 56.1 Å². The highest BCUT2D eigenvalue weighted by molar-refractivity contribution is 7.80. The van der Waals surface area contributed by atoms with Crippen LogP contribution in [0.25, 0.3) is 5.70 Å². The number of nitrogens with one attached hydrogen (secondary N) is 2. The highest BCUT2D eigenvalue weighted by Crippen LogP contribution is 2.34. The monoisotopic (exact) mass is 371 g/mol. The van der Waals surface area contributed by atoms with Crippen molar-refractivity contribution in [3.63, 3.8) is 0 Å². The zero-order chi connectivity index (χ0) is 18.0. The van der Waals surface area contributed by atoms with Gasteiger partial charge in [-0.15, -0.1) is 0 Å². The molecule has 1 saturated carbocycles. The minimum Gasteiger partial charge on any atom is -0.360 e. The van der Waals surface area contributed by atoms with Gasteiger partial charge in [-0.05, 0) is 43.6 Å². The molecule has 0 bridgehead atoms. The van der Waals surface area contributed by atoms with Gasteiger partial charge in [-0.1, -0.05) is 49.1 Å². The summed E-state index contributed by atoms with van der Waals surface area (Å²) in [6.45, 7) is 3.99. The van der Waals surface area contributed by atoms with Crippen molar-refractivity contribution >= 4 is 23.0 Å². The Hall–Kier alpha value is -1.59. The molecule has 4 rings (SSSR count). The lowest BCUT2D eigenvalue weighted by atomic mass is 9.90. The molecule has 1 aromatic rings. The highest BCUT2D eigenvalue weighted by Gasteiger charge is 2.39. The summed E-state index contributed by atoms with van der Waals surface area (Å²) in [5.74, 6) is 0. The number of hydrogen-bond acceptors (Lipinski definition) is 3. The van der Waals surface area contributed by atoms with Crippen LogP contribution in [0.5, 0.6) is 0 Å². The second-order valence-electron chi connectivity index (χ2n) is 7.96. The number of benzene rings is 1. The Labute approximate surface area is 161 Å². The van der Waals surface area contributed by atoms with E-state index in [-0.39, 0.29) is 5.60 Å². The van der Waals surface area contributed by atoms with Gasteiger partial charge in [0.05, 0.1) is 5.70 Å². The number of hydrogen-bond donors (Lipinski definition) is 2. The molecule has 26 heavy (non-hydrogen) atoms. The smallest absolute Gasteiger partial charge is 0.169 e. The van der Waals surface area contributed by atoms with Gasteiger partial charge in [0.25, 0.3) is 0 Å². The third-order valence-corrected chi connectivity index (χ3v) is 6.34. The predicted octanol–water partition coefficient (Wildman–Crippen LogP) is 3.91. The van der Waals surface area contributed by atoms with Gasteiger partial charge < -0.3 is 10.2 Å². The first-order valence-electron chi connectivity index (χ1n) is 9.93. The molecular weight excluding hydrogens is 342 g/mol. The zero-order valence-corrected chi connectivity index (χ0v) is 16.4. The number of aryl methyl sites for hydroxylation is 1. The van der Waals surface area contributed by atoms with Crippen LogP contribution in [-0.2, 0) is 4.84 Å². The molecule has 2 aliphatic heterocycles. The number of piperidine rings is 1. The fourth-order valence-corrected chi connectivity index (χ4v) is 4.55. The van der Waals surface area contributed by atoms with Crippen LogP contribution in [-0.4, -0.2) is 34.7 Å². The maximum absolute atomic E-state index is 6.02. The van der Waals surface area contributed by atoms with Crippen molar-refractivity contribution in [2.45, 2.75) is 63.5 Å². The van der Waals surface area contributed by atoms with E-state index in [4.69, 9.17) is 17.1 Å². The van der Waals surface area contributed by atoms with E-state index >= 15 is 0 Å². The van der Waals surface area contributed by atoms with Crippen LogP contribution >= 0.6 is 12.2 Å². The summed E-state index contributed by atoms with van der Waals surface area (Å²) in [5, 5.41) is 4.52. The molecular formula is C21H29N3OS. The van der Waals surface area contributed by atoms with Crippen molar-refractivity contribution in [3.05, 3.63) is 41.5 Å². The van der Waals surface area contributed by atoms with Crippen LogP contribution in [0.3, 0.4) is 0 Å². The minimum absolute atomic E-state index is 0.197. The Morgan fingerprint density at radius 2 is 1.85 bits per heavy atom. The van der Waals surface area contributed by atoms with Crippen LogP contribution in [0.4, 0.5) is 0 Å². The Balaban J connectivity index is 1.34. The summed E-state index contributed by atoms with van der Waals surface area (Å²) in [6, 6.07) is 9.15. The molecule has 4 nitrogen and oxygen atoms in total. The fraction of sp³-hybridized carbons (Fsp3) is 0.571. The fourth-order valence-electron chi connectivity index (χ4n) is 4.20. The zero-order valence-electron chi connectivity index (χ0n) is 15.6. The second-order valence-corrected chi connectivity index (χ2v) is 8.35. The lowest BCUT2D eigenvalue weighted by Gasteiger charge is -2.39. The average molecular weight is 372 g/mol. The first kappa shape index (κ1) is 17.8. The molecule has 3 aliphatic rings. The van der Waals surface area contributed by atoms with E-state index in [1.807, 2.05) is 0 Å². The molecule has 0 radical (unpaired) electrons. The Morgan fingerprint density at radius 3 is 2.54 bits per heavy atom. The Kier molecular flexibility index (Phi) is 5.18. The molecule has 2 N–H and O–H groups in total. The molecule has 1 saturated heterocycles. The number of thiocarbonyl (C=S) groups is 1. The SMILES string of the molecule is Cc1ccc(C2=CC3(CCN(C(=S)NC4CCCCC4)CC3)ON2)cc1. The van der Waals surface area contributed by atoms with E-state index in [1.54, 1.807) is 0 Å². The maximum atomic E-state index is 6.02. The van der Waals surface area contributed by atoms with Crippen molar-refractivity contribution < 1.29 is 4.84 Å². The standard InChI is InChI=1S/C21H29N3OS/c1-16-7-9-17(10-8-16)19-15-21(25-23-19)11-13-24(14-12-21)20(26)22-18-5-3-2-4-6-18/h7-10,15,18,23H,2-6,11-14H2,1H3,(H,22,26).